The van der Waals surface area contributed by atoms with Gasteiger partial charge in [0.2, 0.25) is 0 Å². The third kappa shape index (κ3) is 3.55. The zero-order valence-corrected chi connectivity index (χ0v) is 12.0. The van der Waals surface area contributed by atoms with Gasteiger partial charge in [0.25, 0.3) is 0 Å². The first-order valence-electron chi connectivity index (χ1n) is 7.66. The van der Waals surface area contributed by atoms with Gasteiger partial charge in [-0.15, -0.1) is 0 Å². The van der Waals surface area contributed by atoms with E-state index in [0.717, 1.165) is 32.4 Å². The monoisotopic (exact) mass is 252 g/mol. The van der Waals surface area contributed by atoms with Crippen LogP contribution in [0.25, 0.3) is 0 Å². The van der Waals surface area contributed by atoms with Crippen LogP contribution in [-0.2, 0) is 4.79 Å². The van der Waals surface area contributed by atoms with E-state index in [1.807, 2.05) is 0 Å². The van der Waals surface area contributed by atoms with Gasteiger partial charge in [0.15, 0.2) is 0 Å². The molecular weight excluding hydrogens is 224 g/mol. The Morgan fingerprint density at radius 3 is 2.56 bits per heavy atom. The normalized spacial score (nSPS) is 28.4. The fourth-order valence-corrected chi connectivity index (χ4v) is 3.47. The lowest BCUT2D eigenvalue weighted by Gasteiger charge is -2.30. The lowest BCUT2D eigenvalue weighted by atomic mass is 10.0. The molecule has 2 rings (SSSR count). The standard InChI is InChI=1S/C15H28N2O/c1-3-14-11-16(2)9-6-10-17(14)12-15(18)13-7-4-5-8-13/h13-14H,3-12H2,1-2H3. The number of hydrogen-bond acceptors (Lipinski definition) is 3. The molecule has 0 radical (unpaired) electrons. The molecule has 104 valence electrons. The second kappa shape index (κ2) is 6.67. The molecule has 0 aromatic carbocycles. The minimum Gasteiger partial charge on any atom is -0.305 e. The molecule has 0 N–H and O–H groups in total. The Morgan fingerprint density at radius 1 is 1.17 bits per heavy atom. The molecule has 2 aliphatic rings. The minimum atomic E-state index is 0.378. The number of nitrogens with zero attached hydrogens (tertiary/aromatic N) is 2. The van der Waals surface area contributed by atoms with Crippen LogP contribution in [-0.4, -0.2) is 54.9 Å². The van der Waals surface area contributed by atoms with Crippen LogP contribution < -0.4 is 0 Å². The highest BCUT2D eigenvalue weighted by Gasteiger charge is 2.28. The molecule has 0 spiro atoms. The van der Waals surface area contributed by atoms with E-state index >= 15 is 0 Å². The number of carbonyl (C=O) groups is 1. The predicted molar refractivity (Wildman–Crippen MR) is 74.7 cm³/mol. The summed E-state index contributed by atoms with van der Waals surface area (Å²) in [5, 5.41) is 0. The van der Waals surface area contributed by atoms with E-state index in [2.05, 4.69) is 23.8 Å². The molecule has 1 saturated carbocycles. The van der Waals surface area contributed by atoms with Crippen LogP contribution in [0.1, 0.15) is 45.4 Å². The Kier molecular flexibility index (Phi) is 5.19. The largest absolute Gasteiger partial charge is 0.305 e. The van der Waals surface area contributed by atoms with Crippen molar-refractivity contribution in [2.24, 2.45) is 5.92 Å². The summed E-state index contributed by atoms with van der Waals surface area (Å²) in [4.78, 5) is 17.2. The Balaban J connectivity index is 1.90. The first-order chi connectivity index (χ1) is 8.70. The number of rotatable bonds is 4. The molecule has 2 fully saturated rings. The van der Waals surface area contributed by atoms with Gasteiger partial charge >= 0.3 is 0 Å². The molecule has 0 amide bonds. The molecular formula is C15H28N2O. The third-order valence-corrected chi connectivity index (χ3v) is 4.66. The van der Waals surface area contributed by atoms with E-state index in [9.17, 15) is 4.79 Å². The third-order valence-electron chi connectivity index (χ3n) is 4.66. The van der Waals surface area contributed by atoms with Gasteiger partial charge in [-0.05, 0) is 39.3 Å². The summed E-state index contributed by atoms with van der Waals surface area (Å²) in [6.07, 6.45) is 7.16. The highest BCUT2D eigenvalue weighted by Crippen LogP contribution is 2.26. The maximum Gasteiger partial charge on any atom is 0.149 e. The lowest BCUT2D eigenvalue weighted by Crippen LogP contribution is -2.43. The van der Waals surface area contributed by atoms with Gasteiger partial charge < -0.3 is 4.90 Å². The van der Waals surface area contributed by atoms with Crippen molar-refractivity contribution in [3.05, 3.63) is 0 Å². The number of likely N-dealkylation sites (N-methyl/N-ethyl adjacent to an activating group) is 1. The van der Waals surface area contributed by atoms with Crippen molar-refractivity contribution in [2.75, 3.05) is 33.2 Å². The first-order valence-corrected chi connectivity index (χ1v) is 7.66. The van der Waals surface area contributed by atoms with Crippen molar-refractivity contribution >= 4 is 5.78 Å². The summed E-state index contributed by atoms with van der Waals surface area (Å²) in [5.41, 5.74) is 0. The Hall–Kier alpha value is -0.410. The second-order valence-corrected chi connectivity index (χ2v) is 6.10. The summed E-state index contributed by atoms with van der Waals surface area (Å²) in [6, 6.07) is 0.572. The number of hydrogen-bond donors (Lipinski definition) is 0. The first kappa shape index (κ1) is 14.0. The lowest BCUT2D eigenvalue weighted by molar-refractivity contribution is -0.124. The van der Waals surface area contributed by atoms with Gasteiger partial charge in [-0.1, -0.05) is 19.8 Å². The molecule has 1 saturated heterocycles. The SMILES string of the molecule is CCC1CN(C)CCCN1CC(=O)C1CCCC1. The van der Waals surface area contributed by atoms with Crippen LogP contribution >= 0.6 is 0 Å². The summed E-state index contributed by atoms with van der Waals surface area (Å²) in [6.45, 7) is 6.34. The van der Waals surface area contributed by atoms with Gasteiger partial charge in [-0.25, -0.2) is 0 Å². The smallest absolute Gasteiger partial charge is 0.149 e. The van der Waals surface area contributed by atoms with E-state index in [-0.39, 0.29) is 0 Å². The maximum absolute atomic E-state index is 12.3. The van der Waals surface area contributed by atoms with Crippen molar-refractivity contribution in [2.45, 2.75) is 51.5 Å². The number of carbonyl (C=O) groups excluding carboxylic acids is 1. The molecule has 1 atom stereocenters. The van der Waals surface area contributed by atoms with Gasteiger partial charge in [0.05, 0.1) is 6.54 Å². The van der Waals surface area contributed by atoms with Crippen molar-refractivity contribution in [1.29, 1.82) is 0 Å². The Labute approximate surface area is 112 Å². The average molecular weight is 252 g/mol. The van der Waals surface area contributed by atoms with E-state index in [4.69, 9.17) is 0 Å². The second-order valence-electron chi connectivity index (χ2n) is 6.10. The van der Waals surface area contributed by atoms with Crippen LogP contribution in [0.2, 0.25) is 0 Å². The molecule has 3 nitrogen and oxygen atoms in total. The molecule has 0 bridgehead atoms. The quantitative estimate of drug-likeness (QED) is 0.766. The van der Waals surface area contributed by atoms with Gasteiger partial charge in [0, 0.05) is 25.0 Å². The molecule has 1 heterocycles. The highest BCUT2D eigenvalue weighted by molar-refractivity contribution is 5.83. The van der Waals surface area contributed by atoms with E-state index < -0.39 is 0 Å². The zero-order chi connectivity index (χ0) is 13.0. The van der Waals surface area contributed by atoms with Crippen LogP contribution in [0.3, 0.4) is 0 Å². The summed E-state index contributed by atoms with van der Waals surface area (Å²) < 4.78 is 0. The summed E-state index contributed by atoms with van der Waals surface area (Å²) >= 11 is 0. The molecule has 3 heteroatoms. The van der Waals surface area contributed by atoms with Crippen molar-refractivity contribution in [3.63, 3.8) is 0 Å². The number of Topliss-reactive ketones (excluding diaryl/α,β-unsaturated/α-hetero) is 1. The van der Waals surface area contributed by atoms with Crippen LogP contribution in [0, 0.1) is 5.92 Å². The average Bonchev–Trinajstić information content (AvgIpc) is 2.83. The van der Waals surface area contributed by atoms with Gasteiger partial charge in [-0.2, -0.15) is 0 Å². The van der Waals surface area contributed by atoms with E-state index in [0.29, 0.717) is 24.3 Å². The minimum absolute atomic E-state index is 0.378. The van der Waals surface area contributed by atoms with E-state index in [1.54, 1.807) is 0 Å². The highest BCUT2D eigenvalue weighted by atomic mass is 16.1. The van der Waals surface area contributed by atoms with Gasteiger partial charge in [0.1, 0.15) is 5.78 Å². The Morgan fingerprint density at radius 2 is 1.89 bits per heavy atom. The predicted octanol–water partition coefficient (Wildman–Crippen LogP) is 2.16. The van der Waals surface area contributed by atoms with E-state index in [1.165, 1.54) is 25.8 Å². The van der Waals surface area contributed by atoms with Crippen LogP contribution in [0.4, 0.5) is 0 Å². The zero-order valence-electron chi connectivity index (χ0n) is 12.0. The molecule has 1 unspecified atom stereocenters. The van der Waals surface area contributed by atoms with Crippen LogP contribution in [0.15, 0.2) is 0 Å². The number of ketones is 1. The summed E-state index contributed by atoms with van der Waals surface area (Å²) in [7, 11) is 2.20. The molecule has 0 aromatic rings. The van der Waals surface area contributed by atoms with Crippen molar-refractivity contribution in [1.82, 2.24) is 9.80 Å². The molecule has 1 aliphatic carbocycles. The fraction of sp³-hybridized carbons (Fsp3) is 0.933. The molecule has 0 aromatic heterocycles. The van der Waals surface area contributed by atoms with Crippen LogP contribution in [0.5, 0.6) is 0 Å². The maximum atomic E-state index is 12.3. The molecule has 18 heavy (non-hydrogen) atoms. The fourth-order valence-electron chi connectivity index (χ4n) is 3.47. The Bertz CT molecular complexity index is 274. The topological polar surface area (TPSA) is 23.6 Å². The van der Waals surface area contributed by atoms with Crippen molar-refractivity contribution in [3.8, 4) is 0 Å². The van der Waals surface area contributed by atoms with Gasteiger partial charge in [-0.3, -0.25) is 9.69 Å². The molecule has 1 aliphatic heterocycles. The van der Waals surface area contributed by atoms with Crippen molar-refractivity contribution < 1.29 is 4.79 Å². The summed E-state index contributed by atoms with van der Waals surface area (Å²) in [5.74, 6) is 0.888.